The number of methoxy groups -OCH3 is 1. The van der Waals surface area contributed by atoms with Crippen molar-refractivity contribution in [2.75, 3.05) is 46.5 Å². The molecule has 0 aromatic heterocycles. The van der Waals surface area contributed by atoms with Crippen LogP contribution in [0.15, 0.2) is 58.6 Å². The second-order valence-corrected chi connectivity index (χ2v) is 8.65. The summed E-state index contributed by atoms with van der Waals surface area (Å²) in [5, 5.41) is 11.1. The van der Waals surface area contributed by atoms with E-state index in [2.05, 4.69) is 20.8 Å². The summed E-state index contributed by atoms with van der Waals surface area (Å²) in [7, 11) is 1.53. The van der Waals surface area contributed by atoms with Gasteiger partial charge < -0.3 is 19.5 Å². The molecule has 2 heterocycles. The summed E-state index contributed by atoms with van der Waals surface area (Å²) in [5.74, 6) is -0.935. The fraction of sp³-hybridized carbons (Fsp3) is 0.333. The minimum Gasteiger partial charge on any atom is -0.507 e. The number of rotatable bonds is 6. The van der Waals surface area contributed by atoms with E-state index in [9.17, 15) is 14.7 Å². The number of aliphatic hydroxyl groups excluding tert-OH is 1. The minimum absolute atomic E-state index is 0.0903. The second kappa shape index (κ2) is 9.85. The molecule has 0 spiro atoms. The topological polar surface area (TPSA) is 79.3 Å². The van der Waals surface area contributed by atoms with Crippen molar-refractivity contribution in [2.24, 2.45) is 0 Å². The highest BCUT2D eigenvalue weighted by molar-refractivity contribution is 9.10. The standard InChI is InChI=1S/C24H25BrN2O5/c1-31-19-4-2-3-17(15-19)22(28)20-21(16-5-7-18(25)8-6-16)27(24(30)23(20)29)10-9-26-11-13-32-14-12-26/h2-8,15,21,28H,9-14H2,1H3. The van der Waals surface area contributed by atoms with Gasteiger partial charge in [0.05, 0.1) is 31.9 Å². The number of halogens is 1. The van der Waals surface area contributed by atoms with Gasteiger partial charge in [-0.25, -0.2) is 0 Å². The van der Waals surface area contributed by atoms with Crippen molar-refractivity contribution in [1.29, 1.82) is 0 Å². The van der Waals surface area contributed by atoms with Crippen molar-refractivity contribution >= 4 is 33.4 Å². The third-order valence-corrected chi connectivity index (χ3v) is 6.36. The first-order chi connectivity index (χ1) is 15.5. The highest BCUT2D eigenvalue weighted by Crippen LogP contribution is 2.39. The maximum Gasteiger partial charge on any atom is 0.295 e. The number of ether oxygens (including phenoxy) is 2. The Kier molecular flexibility index (Phi) is 6.93. The molecule has 2 aromatic carbocycles. The first kappa shape index (κ1) is 22.5. The highest BCUT2D eigenvalue weighted by atomic mass is 79.9. The zero-order valence-corrected chi connectivity index (χ0v) is 19.4. The van der Waals surface area contributed by atoms with Gasteiger partial charge in [-0.1, -0.05) is 40.2 Å². The molecule has 2 aliphatic rings. The molecular formula is C24H25BrN2O5. The molecule has 1 amide bonds. The van der Waals surface area contributed by atoms with E-state index in [1.54, 1.807) is 29.2 Å². The molecule has 0 bridgehead atoms. The molecule has 0 aliphatic carbocycles. The van der Waals surface area contributed by atoms with Gasteiger partial charge in [0.2, 0.25) is 0 Å². The first-order valence-corrected chi connectivity index (χ1v) is 11.3. The van der Waals surface area contributed by atoms with Crippen LogP contribution < -0.4 is 4.74 Å². The third-order valence-electron chi connectivity index (χ3n) is 5.83. The molecule has 32 heavy (non-hydrogen) atoms. The zero-order valence-electron chi connectivity index (χ0n) is 17.8. The van der Waals surface area contributed by atoms with Gasteiger partial charge in [-0.3, -0.25) is 14.5 Å². The number of carbonyl (C=O) groups excluding carboxylic acids is 2. The molecule has 0 saturated carbocycles. The Balaban J connectivity index is 1.73. The summed E-state index contributed by atoms with van der Waals surface area (Å²) in [6, 6.07) is 13.6. The van der Waals surface area contributed by atoms with E-state index in [1.807, 2.05) is 24.3 Å². The van der Waals surface area contributed by atoms with Crippen molar-refractivity contribution in [2.45, 2.75) is 6.04 Å². The number of aliphatic hydroxyl groups is 1. The van der Waals surface area contributed by atoms with E-state index in [4.69, 9.17) is 9.47 Å². The van der Waals surface area contributed by atoms with Gasteiger partial charge in [-0.05, 0) is 29.8 Å². The van der Waals surface area contributed by atoms with Crippen LogP contribution in [-0.4, -0.2) is 73.1 Å². The maximum atomic E-state index is 13.1. The summed E-state index contributed by atoms with van der Waals surface area (Å²) in [6.45, 7) is 3.89. The molecule has 2 aliphatic heterocycles. The maximum absolute atomic E-state index is 13.1. The Hall–Kier alpha value is -2.68. The lowest BCUT2D eigenvalue weighted by Crippen LogP contribution is -2.42. The Labute approximate surface area is 195 Å². The van der Waals surface area contributed by atoms with E-state index >= 15 is 0 Å². The average molecular weight is 501 g/mol. The molecule has 7 nitrogen and oxygen atoms in total. The first-order valence-electron chi connectivity index (χ1n) is 10.5. The van der Waals surface area contributed by atoms with Gasteiger partial charge >= 0.3 is 0 Å². The van der Waals surface area contributed by atoms with Crippen LogP contribution in [0.2, 0.25) is 0 Å². The fourth-order valence-corrected chi connectivity index (χ4v) is 4.37. The summed E-state index contributed by atoms with van der Waals surface area (Å²) in [6.07, 6.45) is 0. The predicted octanol–water partition coefficient (Wildman–Crippen LogP) is 3.21. The highest BCUT2D eigenvalue weighted by Gasteiger charge is 2.46. The van der Waals surface area contributed by atoms with E-state index in [0.717, 1.165) is 23.1 Å². The number of likely N-dealkylation sites (tertiary alicyclic amines) is 1. The van der Waals surface area contributed by atoms with Crippen LogP contribution in [-0.2, 0) is 14.3 Å². The second-order valence-electron chi connectivity index (χ2n) is 7.73. The van der Waals surface area contributed by atoms with Crippen molar-refractivity contribution in [3.8, 4) is 5.75 Å². The summed E-state index contributed by atoms with van der Waals surface area (Å²) in [4.78, 5) is 29.9. The number of ketones is 1. The molecule has 2 fully saturated rings. The Bertz CT molecular complexity index is 1030. The monoisotopic (exact) mass is 500 g/mol. The summed E-state index contributed by atoms with van der Waals surface area (Å²) < 4.78 is 11.5. The van der Waals surface area contributed by atoms with Gasteiger partial charge in [-0.15, -0.1) is 0 Å². The Morgan fingerprint density at radius 1 is 1.12 bits per heavy atom. The molecule has 2 aromatic rings. The number of Topliss-reactive ketones (excluding diaryl/α,β-unsaturated/α-hetero) is 1. The smallest absolute Gasteiger partial charge is 0.295 e. The fourth-order valence-electron chi connectivity index (χ4n) is 4.10. The Morgan fingerprint density at radius 2 is 1.84 bits per heavy atom. The largest absolute Gasteiger partial charge is 0.507 e. The molecule has 1 N–H and O–H groups in total. The van der Waals surface area contributed by atoms with Gasteiger partial charge in [-0.2, -0.15) is 0 Å². The number of hydrogen-bond acceptors (Lipinski definition) is 6. The Morgan fingerprint density at radius 3 is 2.53 bits per heavy atom. The van der Waals surface area contributed by atoms with Crippen LogP contribution in [0, 0.1) is 0 Å². The van der Waals surface area contributed by atoms with E-state index < -0.39 is 17.7 Å². The molecule has 0 radical (unpaired) electrons. The minimum atomic E-state index is -0.680. The zero-order chi connectivity index (χ0) is 22.7. The van der Waals surface area contributed by atoms with Crippen molar-refractivity contribution in [3.63, 3.8) is 0 Å². The summed E-state index contributed by atoms with van der Waals surface area (Å²) >= 11 is 3.43. The molecule has 1 unspecified atom stereocenters. The molecule has 2 saturated heterocycles. The lowest BCUT2D eigenvalue weighted by Gasteiger charge is -2.31. The van der Waals surface area contributed by atoms with Crippen LogP contribution in [0.25, 0.3) is 5.76 Å². The number of nitrogens with zero attached hydrogens (tertiary/aromatic N) is 2. The van der Waals surface area contributed by atoms with E-state index in [1.165, 1.54) is 7.11 Å². The van der Waals surface area contributed by atoms with Gasteiger partial charge in [0, 0.05) is 36.2 Å². The SMILES string of the molecule is COc1cccc(C(O)=C2C(=O)C(=O)N(CCN3CCOCC3)C2c2ccc(Br)cc2)c1. The van der Waals surface area contributed by atoms with Crippen molar-refractivity contribution in [3.05, 3.63) is 69.7 Å². The van der Waals surface area contributed by atoms with Crippen LogP contribution in [0.5, 0.6) is 5.75 Å². The summed E-state index contributed by atoms with van der Waals surface area (Å²) in [5.41, 5.74) is 1.28. The molecule has 8 heteroatoms. The van der Waals surface area contributed by atoms with Crippen molar-refractivity contribution < 1.29 is 24.2 Å². The van der Waals surface area contributed by atoms with Gasteiger partial charge in [0.15, 0.2) is 0 Å². The number of carbonyl (C=O) groups is 2. The molecule has 1 atom stereocenters. The van der Waals surface area contributed by atoms with E-state index in [-0.39, 0.29) is 11.3 Å². The van der Waals surface area contributed by atoms with Gasteiger partial charge in [0.25, 0.3) is 11.7 Å². The lowest BCUT2D eigenvalue weighted by atomic mass is 9.95. The van der Waals surface area contributed by atoms with Crippen LogP contribution >= 0.6 is 15.9 Å². The number of morpholine rings is 1. The average Bonchev–Trinajstić information content (AvgIpc) is 3.08. The number of benzene rings is 2. The van der Waals surface area contributed by atoms with Crippen LogP contribution in [0.4, 0.5) is 0 Å². The molecule has 4 rings (SSSR count). The van der Waals surface area contributed by atoms with Crippen LogP contribution in [0.1, 0.15) is 17.2 Å². The van der Waals surface area contributed by atoms with Crippen molar-refractivity contribution in [1.82, 2.24) is 9.80 Å². The predicted molar refractivity (Wildman–Crippen MR) is 123 cm³/mol. The number of hydrogen-bond donors (Lipinski definition) is 1. The van der Waals surface area contributed by atoms with Crippen LogP contribution in [0.3, 0.4) is 0 Å². The molecular weight excluding hydrogens is 476 g/mol. The normalized spacial score (nSPS) is 21.2. The number of amides is 1. The third kappa shape index (κ3) is 4.57. The van der Waals surface area contributed by atoms with Gasteiger partial charge in [0.1, 0.15) is 11.5 Å². The quantitative estimate of drug-likeness (QED) is 0.372. The molecule has 168 valence electrons. The lowest BCUT2D eigenvalue weighted by molar-refractivity contribution is -0.140. The van der Waals surface area contributed by atoms with E-state index in [0.29, 0.717) is 37.6 Å².